The van der Waals surface area contributed by atoms with E-state index in [1.807, 2.05) is 42.6 Å². The molecule has 2 aromatic carbocycles. The number of nitrogens with two attached hydrogens (primary N) is 1. The topological polar surface area (TPSA) is 146 Å². The van der Waals surface area contributed by atoms with Crippen LogP contribution in [0.15, 0.2) is 72.2 Å². The normalized spacial score (nSPS) is 15.6. The number of aromatic nitrogens is 4. The molecular formula is C26H26N8O2. The molecule has 0 spiro atoms. The van der Waals surface area contributed by atoms with Crippen LogP contribution in [0.3, 0.4) is 0 Å². The Morgan fingerprint density at radius 3 is 2.75 bits per heavy atom. The summed E-state index contributed by atoms with van der Waals surface area (Å²) in [5.41, 5.74) is 8.44. The highest BCUT2D eigenvalue weighted by Crippen LogP contribution is 2.24. The molecule has 0 bridgehead atoms. The number of hydrogen-bond donors (Lipinski definition) is 4. The van der Waals surface area contributed by atoms with Gasteiger partial charge in [-0.2, -0.15) is 10.2 Å². The van der Waals surface area contributed by atoms with E-state index < -0.39 is 5.56 Å². The maximum absolute atomic E-state index is 12.8. The van der Waals surface area contributed by atoms with Crippen LogP contribution in [0, 0.1) is 5.41 Å². The quantitative estimate of drug-likeness (QED) is 0.246. The van der Waals surface area contributed by atoms with Gasteiger partial charge in [-0.3, -0.25) is 15.0 Å². The van der Waals surface area contributed by atoms with Gasteiger partial charge in [-0.25, -0.2) is 9.78 Å². The second-order valence-electron chi connectivity index (χ2n) is 8.71. The highest BCUT2D eigenvalue weighted by Gasteiger charge is 2.26. The van der Waals surface area contributed by atoms with Crippen LogP contribution in [-0.2, 0) is 4.79 Å². The van der Waals surface area contributed by atoms with E-state index in [2.05, 4.69) is 27.2 Å². The van der Waals surface area contributed by atoms with Gasteiger partial charge in [-0.05, 0) is 37.1 Å². The number of nitrogen functional groups attached to an aromatic ring is 1. The fraction of sp³-hybridized carbons (Fsp3) is 0.192. The summed E-state index contributed by atoms with van der Waals surface area (Å²) in [6.07, 6.45) is 4.78. The largest absolute Gasteiger partial charge is 0.382 e. The third-order valence-corrected chi connectivity index (χ3v) is 6.35. The Kier molecular flexibility index (Phi) is 6.07. The summed E-state index contributed by atoms with van der Waals surface area (Å²) in [5, 5.41) is 24.0. The van der Waals surface area contributed by atoms with Gasteiger partial charge in [0, 0.05) is 36.3 Å². The first-order chi connectivity index (χ1) is 17.4. The number of piperidine rings is 1. The number of carbonyl (C=O) groups is 1. The Morgan fingerprint density at radius 2 is 2.00 bits per heavy atom. The van der Waals surface area contributed by atoms with Crippen molar-refractivity contribution in [3.05, 3.63) is 88.9 Å². The Hall–Kier alpha value is -4.73. The molecule has 1 atom stereocenters. The zero-order chi connectivity index (χ0) is 25.2. The number of hydrogen-bond acceptors (Lipinski definition) is 7. The number of carbonyl (C=O) groups excluding carboxylic acids is 1. The van der Waals surface area contributed by atoms with E-state index in [1.54, 1.807) is 21.7 Å². The summed E-state index contributed by atoms with van der Waals surface area (Å²) >= 11 is 0. The van der Waals surface area contributed by atoms with Crippen molar-refractivity contribution >= 4 is 34.0 Å². The van der Waals surface area contributed by atoms with Crippen molar-refractivity contribution in [2.75, 3.05) is 24.1 Å². The van der Waals surface area contributed by atoms with Gasteiger partial charge in [-0.1, -0.05) is 36.9 Å². The Balaban J connectivity index is 1.42. The molecule has 1 unspecified atom stereocenters. The summed E-state index contributed by atoms with van der Waals surface area (Å²) in [4.78, 5) is 26.5. The number of aromatic amines is 1. The van der Waals surface area contributed by atoms with Gasteiger partial charge in [0.2, 0.25) is 5.91 Å². The molecule has 1 fully saturated rings. The SMILES string of the molecule is C=CC(=O)N1CCCC(Nc2c(C(=N)c3ccc(-n4cc5ccccc5n4)cc3)c(N)n[nH]c2=O)C1. The molecule has 10 nitrogen and oxygen atoms in total. The summed E-state index contributed by atoms with van der Waals surface area (Å²) in [6.45, 7) is 4.61. The van der Waals surface area contributed by atoms with Crippen molar-refractivity contribution in [3.63, 3.8) is 0 Å². The van der Waals surface area contributed by atoms with Crippen LogP contribution in [0.4, 0.5) is 11.5 Å². The zero-order valence-electron chi connectivity index (χ0n) is 19.6. The second-order valence-corrected chi connectivity index (χ2v) is 8.71. The monoisotopic (exact) mass is 482 g/mol. The summed E-state index contributed by atoms with van der Waals surface area (Å²) < 4.78 is 1.79. The molecule has 0 radical (unpaired) electrons. The van der Waals surface area contributed by atoms with Gasteiger partial charge >= 0.3 is 0 Å². The highest BCUT2D eigenvalue weighted by molar-refractivity contribution is 6.16. The average Bonchev–Trinajstić information content (AvgIpc) is 3.35. The van der Waals surface area contributed by atoms with Gasteiger partial charge in [0.05, 0.1) is 22.5 Å². The van der Waals surface area contributed by atoms with E-state index in [-0.39, 0.29) is 34.7 Å². The molecule has 1 aliphatic heterocycles. The van der Waals surface area contributed by atoms with Crippen molar-refractivity contribution < 1.29 is 4.79 Å². The smallest absolute Gasteiger partial charge is 0.288 e. The lowest BCUT2D eigenvalue weighted by atomic mass is 10.00. The van der Waals surface area contributed by atoms with E-state index in [1.165, 1.54) is 6.08 Å². The van der Waals surface area contributed by atoms with E-state index >= 15 is 0 Å². The first-order valence-electron chi connectivity index (χ1n) is 11.6. The molecule has 3 heterocycles. The minimum Gasteiger partial charge on any atom is -0.382 e. The molecule has 2 aromatic heterocycles. The molecule has 36 heavy (non-hydrogen) atoms. The third kappa shape index (κ3) is 4.36. The van der Waals surface area contributed by atoms with Gasteiger partial charge in [0.25, 0.3) is 5.56 Å². The van der Waals surface area contributed by atoms with Crippen LogP contribution >= 0.6 is 0 Å². The highest BCUT2D eigenvalue weighted by atomic mass is 16.2. The predicted molar refractivity (Wildman–Crippen MR) is 140 cm³/mol. The number of likely N-dealkylation sites (tertiary alicyclic amines) is 1. The lowest BCUT2D eigenvalue weighted by molar-refractivity contribution is -0.127. The predicted octanol–water partition coefficient (Wildman–Crippen LogP) is 2.70. The Bertz CT molecular complexity index is 1490. The number of amides is 1. The van der Waals surface area contributed by atoms with E-state index in [4.69, 9.17) is 11.1 Å². The molecule has 1 saturated heterocycles. The first kappa shape index (κ1) is 23.0. The minimum atomic E-state index is -0.476. The molecule has 1 amide bonds. The van der Waals surface area contributed by atoms with Crippen molar-refractivity contribution in [1.82, 2.24) is 24.9 Å². The standard InChI is InChI=1S/C26H26N8O2/c1-2-21(35)33-13-5-7-18(15-33)29-24-22(25(28)30-31-26(24)36)23(27)16-9-11-19(12-10-16)34-14-17-6-3-4-8-20(17)32-34/h2-4,6,8-12,14,18,27H,1,5,7,13,15H2,(H,31,36)(H3,28,29,30). The maximum atomic E-state index is 12.8. The number of benzene rings is 2. The molecule has 1 aliphatic rings. The van der Waals surface area contributed by atoms with Gasteiger partial charge in [-0.15, -0.1) is 0 Å². The molecule has 182 valence electrons. The minimum absolute atomic E-state index is 0.0411. The lowest BCUT2D eigenvalue weighted by Gasteiger charge is -2.33. The fourth-order valence-electron chi connectivity index (χ4n) is 4.51. The molecule has 5 N–H and O–H groups in total. The van der Waals surface area contributed by atoms with Crippen LogP contribution in [0.5, 0.6) is 0 Å². The summed E-state index contributed by atoms with van der Waals surface area (Å²) in [5.74, 6) is -0.109. The molecular weight excluding hydrogens is 456 g/mol. The van der Waals surface area contributed by atoms with Crippen molar-refractivity contribution in [3.8, 4) is 5.69 Å². The van der Waals surface area contributed by atoms with Crippen molar-refractivity contribution in [1.29, 1.82) is 5.41 Å². The first-order valence-corrected chi connectivity index (χ1v) is 11.6. The number of H-pyrrole nitrogens is 1. The number of rotatable bonds is 6. The van der Waals surface area contributed by atoms with Crippen LogP contribution < -0.4 is 16.6 Å². The molecule has 4 aromatic rings. The van der Waals surface area contributed by atoms with Gasteiger partial charge in [0.1, 0.15) is 5.69 Å². The second kappa shape index (κ2) is 9.49. The lowest BCUT2D eigenvalue weighted by Crippen LogP contribution is -2.45. The van der Waals surface area contributed by atoms with Crippen LogP contribution in [0.1, 0.15) is 24.0 Å². The van der Waals surface area contributed by atoms with E-state index in [0.29, 0.717) is 18.7 Å². The number of anilines is 2. The number of fused-ring (bicyclic) bond motifs is 1. The number of nitrogens with one attached hydrogen (secondary N) is 3. The van der Waals surface area contributed by atoms with Crippen molar-refractivity contribution in [2.45, 2.75) is 18.9 Å². The van der Waals surface area contributed by atoms with E-state index in [0.717, 1.165) is 29.4 Å². The Morgan fingerprint density at radius 1 is 1.22 bits per heavy atom. The van der Waals surface area contributed by atoms with Crippen molar-refractivity contribution in [2.24, 2.45) is 0 Å². The molecule has 0 aliphatic carbocycles. The van der Waals surface area contributed by atoms with Crippen LogP contribution in [0.25, 0.3) is 16.6 Å². The zero-order valence-corrected chi connectivity index (χ0v) is 19.6. The summed E-state index contributed by atoms with van der Waals surface area (Å²) in [7, 11) is 0. The third-order valence-electron chi connectivity index (χ3n) is 6.35. The van der Waals surface area contributed by atoms with Crippen LogP contribution in [-0.4, -0.2) is 55.6 Å². The van der Waals surface area contributed by atoms with E-state index in [9.17, 15) is 9.59 Å². The Labute approximate surface area is 206 Å². The molecule has 0 saturated carbocycles. The molecule has 5 rings (SSSR count). The molecule has 10 heteroatoms. The fourth-order valence-corrected chi connectivity index (χ4v) is 4.51. The van der Waals surface area contributed by atoms with Gasteiger partial charge < -0.3 is 16.0 Å². The number of nitrogens with zero attached hydrogens (tertiary/aromatic N) is 4. The average molecular weight is 483 g/mol. The van der Waals surface area contributed by atoms with Crippen LogP contribution in [0.2, 0.25) is 0 Å². The van der Waals surface area contributed by atoms with Gasteiger partial charge in [0.15, 0.2) is 5.82 Å². The summed E-state index contributed by atoms with van der Waals surface area (Å²) in [6, 6.07) is 15.0. The maximum Gasteiger partial charge on any atom is 0.288 e.